The Kier molecular flexibility index (Phi) is 2.74. The van der Waals surface area contributed by atoms with Gasteiger partial charge in [0, 0.05) is 24.2 Å². The Hall–Kier alpha value is -2.37. The number of fused-ring (bicyclic) bond motifs is 1. The topological polar surface area (TPSA) is 98.1 Å². The summed E-state index contributed by atoms with van der Waals surface area (Å²) in [6, 6.07) is 5.56. The lowest BCUT2D eigenvalue weighted by atomic mass is 9.89. The molecule has 1 atom stereocenters. The van der Waals surface area contributed by atoms with Crippen molar-refractivity contribution in [3.63, 3.8) is 0 Å². The second kappa shape index (κ2) is 4.33. The second-order valence-electron chi connectivity index (χ2n) is 5.57. The normalized spacial score (nSPS) is 22.4. The maximum atomic E-state index is 11.6. The summed E-state index contributed by atoms with van der Waals surface area (Å²) < 4.78 is 0. The molecule has 4 N–H and O–H groups in total. The van der Waals surface area contributed by atoms with Crippen molar-refractivity contribution in [2.24, 2.45) is 11.1 Å². The fourth-order valence-electron chi connectivity index (χ4n) is 2.66. The quantitative estimate of drug-likeness (QED) is 0.791. The highest BCUT2D eigenvalue weighted by atomic mass is 16.1. The molecular formula is C14H17N5O. The molecule has 0 saturated carbocycles. The third-order valence-electron chi connectivity index (χ3n) is 4.01. The van der Waals surface area contributed by atoms with E-state index in [1.165, 1.54) is 6.33 Å². The maximum Gasteiger partial charge on any atom is 0.225 e. The highest BCUT2D eigenvalue weighted by Gasteiger charge is 2.39. The van der Waals surface area contributed by atoms with Gasteiger partial charge in [-0.3, -0.25) is 4.79 Å². The van der Waals surface area contributed by atoms with Gasteiger partial charge in [-0.2, -0.15) is 0 Å². The predicted molar refractivity (Wildman–Crippen MR) is 78.1 cm³/mol. The Morgan fingerprint density at radius 3 is 2.90 bits per heavy atom. The van der Waals surface area contributed by atoms with Crippen LogP contribution in [0.15, 0.2) is 24.5 Å². The van der Waals surface area contributed by atoms with E-state index in [1.54, 1.807) is 0 Å². The van der Waals surface area contributed by atoms with E-state index in [4.69, 9.17) is 11.5 Å². The molecule has 0 aliphatic carbocycles. The first-order valence-electron chi connectivity index (χ1n) is 6.55. The summed E-state index contributed by atoms with van der Waals surface area (Å²) in [7, 11) is 0. The molecule has 1 aliphatic rings. The van der Waals surface area contributed by atoms with E-state index in [1.807, 2.05) is 25.1 Å². The Bertz CT molecular complexity index is 686. The van der Waals surface area contributed by atoms with Gasteiger partial charge >= 0.3 is 0 Å². The molecule has 0 spiro atoms. The largest absolute Gasteiger partial charge is 0.399 e. The van der Waals surface area contributed by atoms with Crippen molar-refractivity contribution in [2.75, 3.05) is 23.7 Å². The van der Waals surface area contributed by atoms with Crippen LogP contribution < -0.4 is 16.4 Å². The highest BCUT2D eigenvalue weighted by Crippen LogP contribution is 2.34. The lowest BCUT2D eigenvalue weighted by Crippen LogP contribution is -2.37. The van der Waals surface area contributed by atoms with Gasteiger partial charge in [0.2, 0.25) is 5.91 Å². The number of benzene rings is 1. The smallest absolute Gasteiger partial charge is 0.225 e. The number of carbonyl (C=O) groups is 1. The van der Waals surface area contributed by atoms with Crippen LogP contribution in [0.4, 0.5) is 11.5 Å². The number of anilines is 2. The summed E-state index contributed by atoms with van der Waals surface area (Å²) >= 11 is 0. The molecule has 1 saturated heterocycles. The molecule has 1 aromatic carbocycles. The molecule has 2 aromatic rings. The Labute approximate surface area is 116 Å². The number of nitrogen functional groups attached to an aromatic ring is 1. The lowest BCUT2D eigenvalue weighted by molar-refractivity contribution is -0.125. The number of carbonyl (C=O) groups excluding carboxylic acids is 1. The zero-order valence-corrected chi connectivity index (χ0v) is 11.3. The van der Waals surface area contributed by atoms with Gasteiger partial charge in [0.25, 0.3) is 0 Å². The number of rotatable bonds is 2. The minimum absolute atomic E-state index is 0.266. The molecule has 0 radical (unpaired) electrons. The van der Waals surface area contributed by atoms with Gasteiger partial charge in [0.1, 0.15) is 12.1 Å². The number of primary amides is 1. The van der Waals surface area contributed by atoms with Gasteiger partial charge < -0.3 is 16.4 Å². The standard InChI is InChI=1S/C14H17N5O/c1-14(13(16)20)4-5-19(7-14)12-10-6-9(15)2-3-11(10)17-8-18-12/h2-3,6,8H,4-5,7,15H2,1H3,(H2,16,20). The van der Waals surface area contributed by atoms with Crippen LogP contribution >= 0.6 is 0 Å². The van der Waals surface area contributed by atoms with E-state index < -0.39 is 5.41 Å². The van der Waals surface area contributed by atoms with E-state index in [2.05, 4.69) is 14.9 Å². The Morgan fingerprint density at radius 2 is 2.20 bits per heavy atom. The van der Waals surface area contributed by atoms with Crippen molar-refractivity contribution in [2.45, 2.75) is 13.3 Å². The average Bonchev–Trinajstić information content (AvgIpc) is 2.82. The third kappa shape index (κ3) is 1.93. The minimum Gasteiger partial charge on any atom is -0.399 e. The van der Waals surface area contributed by atoms with Crippen LogP contribution in [0.2, 0.25) is 0 Å². The van der Waals surface area contributed by atoms with Crippen LogP contribution in [0, 0.1) is 5.41 Å². The van der Waals surface area contributed by atoms with Crippen LogP contribution in [-0.2, 0) is 4.79 Å². The number of nitrogens with zero attached hydrogens (tertiary/aromatic N) is 3. The van der Waals surface area contributed by atoms with E-state index in [0.717, 1.165) is 29.7 Å². The number of hydrogen-bond acceptors (Lipinski definition) is 5. The molecule has 104 valence electrons. The molecule has 1 unspecified atom stereocenters. The number of nitrogens with two attached hydrogens (primary N) is 2. The summed E-state index contributed by atoms with van der Waals surface area (Å²) in [5, 5.41) is 0.904. The van der Waals surface area contributed by atoms with Crippen LogP contribution in [0.5, 0.6) is 0 Å². The van der Waals surface area contributed by atoms with Crippen molar-refractivity contribution in [1.82, 2.24) is 9.97 Å². The number of hydrogen-bond donors (Lipinski definition) is 2. The summed E-state index contributed by atoms with van der Waals surface area (Å²) in [6.07, 6.45) is 2.27. The Morgan fingerprint density at radius 1 is 1.40 bits per heavy atom. The van der Waals surface area contributed by atoms with E-state index in [0.29, 0.717) is 12.2 Å². The SMILES string of the molecule is CC1(C(N)=O)CCN(c2ncnc3ccc(N)cc23)C1. The van der Waals surface area contributed by atoms with Crippen molar-refractivity contribution in [1.29, 1.82) is 0 Å². The Balaban J connectivity index is 2.04. The molecule has 2 heterocycles. The first kappa shape index (κ1) is 12.7. The first-order valence-corrected chi connectivity index (χ1v) is 6.55. The molecule has 1 amide bonds. The fourth-order valence-corrected chi connectivity index (χ4v) is 2.66. The lowest BCUT2D eigenvalue weighted by Gasteiger charge is -2.22. The molecule has 3 rings (SSSR count). The molecule has 6 nitrogen and oxygen atoms in total. The zero-order chi connectivity index (χ0) is 14.3. The first-order chi connectivity index (χ1) is 9.49. The van der Waals surface area contributed by atoms with Crippen LogP contribution in [-0.4, -0.2) is 29.0 Å². The average molecular weight is 271 g/mol. The molecule has 1 fully saturated rings. The van der Waals surface area contributed by atoms with Crippen LogP contribution in [0.25, 0.3) is 10.9 Å². The van der Waals surface area contributed by atoms with Gasteiger partial charge in [0.05, 0.1) is 10.9 Å². The predicted octanol–water partition coefficient (Wildman–Crippen LogP) is 0.914. The number of aromatic nitrogens is 2. The molecular weight excluding hydrogens is 254 g/mol. The van der Waals surface area contributed by atoms with Crippen molar-refractivity contribution in [3.8, 4) is 0 Å². The van der Waals surface area contributed by atoms with Gasteiger partial charge in [-0.15, -0.1) is 0 Å². The zero-order valence-electron chi connectivity index (χ0n) is 11.3. The summed E-state index contributed by atoms with van der Waals surface area (Å²) in [5.74, 6) is 0.546. The van der Waals surface area contributed by atoms with E-state index >= 15 is 0 Å². The maximum absolute atomic E-state index is 11.6. The van der Waals surface area contributed by atoms with Gasteiger partial charge in [-0.25, -0.2) is 9.97 Å². The van der Waals surface area contributed by atoms with E-state index in [-0.39, 0.29) is 5.91 Å². The van der Waals surface area contributed by atoms with Crippen LogP contribution in [0.3, 0.4) is 0 Å². The molecule has 20 heavy (non-hydrogen) atoms. The molecule has 1 aromatic heterocycles. The molecule has 0 bridgehead atoms. The number of amides is 1. The monoisotopic (exact) mass is 271 g/mol. The summed E-state index contributed by atoms with van der Waals surface area (Å²) in [6.45, 7) is 3.22. The molecule has 1 aliphatic heterocycles. The van der Waals surface area contributed by atoms with Crippen molar-refractivity contribution >= 4 is 28.3 Å². The van der Waals surface area contributed by atoms with E-state index in [9.17, 15) is 4.79 Å². The second-order valence-corrected chi connectivity index (χ2v) is 5.57. The van der Waals surface area contributed by atoms with Crippen LogP contribution in [0.1, 0.15) is 13.3 Å². The van der Waals surface area contributed by atoms with Gasteiger partial charge in [-0.1, -0.05) is 0 Å². The fraction of sp³-hybridized carbons (Fsp3) is 0.357. The van der Waals surface area contributed by atoms with Crippen molar-refractivity contribution in [3.05, 3.63) is 24.5 Å². The molecule has 6 heteroatoms. The van der Waals surface area contributed by atoms with Crippen molar-refractivity contribution < 1.29 is 4.79 Å². The summed E-state index contributed by atoms with van der Waals surface area (Å²) in [4.78, 5) is 22.2. The highest BCUT2D eigenvalue weighted by molar-refractivity contribution is 5.92. The van der Waals surface area contributed by atoms with Gasteiger partial charge in [0.15, 0.2) is 0 Å². The van der Waals surface area contributed by atoms with Gasteiger partial charge in [-0.05, 0) is 31.5 Å². The summed E-state index contributed by atoms with van der Waals surface area (Å²) in [5.41, 5.74) is 12.3. The third-order valence-corrected chi connectivity index (χ3v) is 4.01. The minimum atomic E-state index is -0.502.